The second kappa shape index (κ2) is 11.0. The lowest BCUT2D eigenvalue weighted by molar-refractivity contribution is 0.0210. The van der Waals surface area contributed by atoms with E-state index in [-0.39, 0.29) is 30.9 Å². The van der Waals surface area contributed by atoms with Crippen LogP contribution in [0.15, 0.2) is 15.9 Å². The van der Waals surface area contributed by atoms with Crippen molar-refractivity contribution in [2.24, 2.45) is 7.05 Å². The lowest BCUT2D eigenvalue weighted by atomic mass is 9.91. The summed E-state index contributed by atoms with van der Waals surface area (Å²) in [6.45, 7) is 5.09. The molecule has 2 rings (SSSR count). The molecule has 0 aliphatic heterocycles. The van der Waals surface area contributed by atoms with Gasteiger partial charge >= 0.3 is 5.69 Å². The van der Waals surface area contributed by atoms with Crippen molar-refractivity contribution in [1.82, 2.24) is 23.6 Å². The van der Waals surface area contributed by atoms with Gasteiger partial charge in [0.15, 0.2) is 11.2 Å². The topological polar surface area (TPSA) is 126 Å². The molecule has 2 heterocycles. The van der Waals surface area contributed by atoms with Gasteiger partial charge in [0.2, 0.25) is 0 Å². The average Bonchev–Trinajstić information content (AvgIpc) is 3.15. The molecule has 0 saturated heterocycles. The van der Waals surface area contributed by atoms with Crippen LogP contribution in [0.1, 0.15) is 46.0 Å². The minimum Gasteiger partial charge on any atom is -0.395 e. The van der Waals surface area contributed by atoms with E-state index in [1.54, 1.807) is 23.6 Å². The Morgan fingerprint density at radius 1 is 1.23 bits per heavy atom. The van der Waals surface area contributed by atoms with Crippen molar-refractivity contribution in [2.45, 2.75) is 70.7 Å². The molecule has 10 heteroatoms. The third-order valence-electron chi connectivity index (χ3n) is 6.10. The van der Waals surface area contributed by atoms with E-state index in [9.17, 15) is 19.8 Å². The van der Waals surface area contributed by atoms with Crippen LogP contribution in [-0.4, -0.2) is 77.4 Å². The van der Waals surface area contributed by atoms with Crippen molar-refractivity contribution >= 4 is 11.2 Å². The highest BCUT2D eigenvalue weighted by Gasteiger charge is 2.22. The molecule has 10 nitrogen and oxygen atoms in total. The van der Waals surface area contributed by atoms with E-state index >= 15 is 0 Å². The van der Waals surface area contributed by atoms with Crippen molar-refractivity contribution in [2.75, 3.05) is 26.7 Å². The van der Waals surface area contributed by atoms with Crippen LogP contribution < -0.4 is 11.2 Å². The van der Waals surface area contributed by atoms with Crippen LogP contribution in [0.4, 0.5) is 0 Å². The Morgan fingerprint density at radius 3 is 2.52 bits per heavy atom. The number of fused-ring (bicyclic) bond motifs is 1. The number of rotatable bonds is 13. The maximum absolute atomic E-state index is 13.1. The maximum atomic E-state index is 13.1. The number of hydrogen-bond donors (Lipinski definition) is 3. The summed E-state index contributed by atoms with van der Waals surface area (Å²) < 4.78 is 4.14. The highest BCUT2D eigenvalue weighted by Crippen LogP contribution is 2.22. The van der Waals surface area contributed by atoms with Crippen LogP contribution >= 0.6 is 0 Å². The largest absolute Gasteiger partial charge is 0.395 e. The van der Waals surface area contributed by atoms with Gasteiger partial charge in [0.1, 0.15) is 0 Å². The Labute approximate surface area is 182 Å². The zero-order valence-corrected chi connectivity index (χ0v) is 19.1. The molecule has 0 radical (unpaired) electrons. The minimum absolute atomic E-state index is 0.00202. The summed E-state index contributed by atoms with van der Waals surface area (Å²) in [5.74, 6) is 0. The average molecular weight is 440 g/mol. The van der Waals surface area contributed by atoms with Gasteiger partial charge in [-0.2, -0.15) is 0 Å². The highest BCUT2D eigenvalue weighted by molar-refractivity contribution is 5.69. The first-order chi connectivity index (χ1) is 14.7. The van der Waals surface area contributed by atoms with Gasteiger partial charge in [0.25, 0.3) is 5.56 Å². The van der Waals surface area contributed by atoms with Crippen molar-refractivity contribution in [3.8, 4) is 0 Å². The van der Waals surface area contributed by atoms with E-state index < -0.39 is 23.0 Å². The molecule has 0 saturated carbocycles. The number of aliphatic hydroxyl groups is 3. The number of aromatic nitrogens is 4. The highest BCUT2D eigenvalue weighted by atomic mass is 16.3. The number of hydrogen-bond acceptors (Lipinski definition) is 7. The monoisotopic (exact) mass is 439 g/mol. The van der Waals surface area contributed by atoms with Crippen molar-refractivity contribution in [3.63, 3.8) is 0 Å². The molecule has 176 valence electrons. The third-order valence-corrected chi connectivity index (χ3v) is 6.10. The second-order valence-corrected chi connectivity index (χ2v) is 8.40. The molecule has 2 aromatic rings. The smallest absolute Gasteiger partial charge is 0.332 e. The molecule has 0 aliphatic rings. The molecular formula is C21H37N5O5. The molecule has 0 bridgehead atoms. The van der Waals surface area contributed by atoms with Crippen molar-refractivity contribution in [1.29, 1.82) is 0 Å². The summed E-state index contributed by atoms with van der Waals surface area (Å²) in [7, 11) is 3.37. The van der Waals surface area contributed by atoms with Crippen molar-refractivity contribution in [3.05, 3.63) is 27.2 Å². The fourth-order valence-corrected chi connectivity index (χ4v) is 3.89. The summed E-state index contributed by atoms with van der Waals surface area (Å²) in [4.78, 5) is 31.8. The first-order valence-electron chi connectivity index (χ1n) is 11.0. The van der Waals surface area contributed by atoms with Crippen LogP contribution in [0.2, 0.25) is 0 Å². The number of aryl methyl sites for hydroxylation is 1. The molecule has 1 atom stereocenters. The summed E-state index contributed by atoms with van der Waals surface area (Å²) in [5.41, 5.74) is -0.976. The zero-order valence-electron chi connectivity index (χ0n) is 19.1. The van der Waals surface area contributed by atoms with E-state index in [4.69, 9.17) is 5.11 Å². The molecule has 0 fully saturated rings. The van der Waals surface area contributed by atoms with Crippen LogP contribution in [0, 0.1) is 0 Å². The number of aliphatic hydroxyl groups excluding tert-OH is 2. The molecule has 0 amide bonds. The quantitative estimate of drug-likeness (QED) is 0.372. The summed E-state index contributed by atoms with van der Waals surface area (Å²) in [5, 5.41) is 29.8. The van der Waals surface area contributed by atoms with Crippen LogP contribution in [-0.2, 0) is 20.1 Å². The number of unbranched alkanes of at least 4 members (excludes halogenated alkanes) is 1. The van der Waals surface area contributed by atoms with E-state index in [0.29, 0.717) is 45.2 Å². The molecule has 1 unspecified atom stereocenters. The van der Waals surface area contributed by atoms with Gasteiger partial charge in [-0.15, -0.1) is 0 Å². The van der Waals surface area contributed by atoms with Gasteiger partial charge in [-0.3, -0.25) is 13.9 Å². The summed E-state index contributed by atoms with van der Waals surface area (Å²) in [6, 6.07) is 0. The van der Waals surface area contributed by atoms with Crippen LogP contribution in [0.25, 0.3) is 11.2 Å². The Morgan fingerprint density at radius 2 is 1.90 bits per heavy atom. The van der Waals surface area contributed by atoms with Gasteiger partial charge in [0.05, 0.1) is 31.2 Å². The fourth-order valence-electron chi connectivity index (χ4n) is 3.89. The Balaban J connectivity index is 2.22. The first-order valence-corrected chi connectivity index (χ1v) is 11.0. The minimum atomic E-state index is -0.764. The lowest BCUT2D eigenvalue weighted by Gasteiger charge is -2.25. The van der Waals surface area contributed by atoms with E-state index in [0.717, 1.165) is 0 Å². The molecule has 3 N–H and O–H groups in total. The Hall–Kier alpha value is -2.01. The van der Waals surface area contributed by atoms with E-state index in [1.165, 1.54) is 15.5 Å². The Kier molecular flexibility index (Phi) is 8.99. The van der Waals surface area contributed by atoms with E-state index in [1.807, 2.05) is 13.8 Å². The van der Waals surface area contributed by atoms with Gasteiger partial charge in [0, 0.05) is 26.7 Å². The maximum Gasteiger partial charge on any atom is 0.332 e. The molecule has 2 aromatic heterocycles. The predicted molar refractivity (Wildman–Crippen MR) is 119 cm³/mol. The lowest BCUT2D eigenvalue weighted by Crippen LogP contribution is -2.40. The molecule has 0 aromatic carbocycles. The van der Waals surface area contributed by atoms with Gasteiger partial charge in [-0.1, -0.05) is 13.8 Å². The first kappa shape index (κ1) is 25.3. The molecule has 0 aliphatic carbocycles. The SMILES string of the molecule is CCC(O)(CC)CCCCn1c(=O)c2c(ncn2CC(O)CN(C)CCO)n(C)c1=O. The molecular weight excluding hydrogens is 402 g/mol. The predicted octanol–water partition coefficient (Wildman–Crippen LogP) is -0.0969. The van der Waals surface area contributed by atoms with Crippen molar-refractivity contribution < 1.29 is 15.3 Å². The summed E-state index contributed by atoms with van der Waals surface area (Å²) in [6.07, 6.45) is 3.99. The van der Waals surface area contributed by atoms with Crippen LogP contribution in [0.3, 0.4) is 0 Å². The normalized spacial score (nSPS) is 13.4. The fraction of sp³-hybridized carbons (Fsp3) is 0.762. The number of nitrogens with zero attached hydrogens (tertiary/aromatic N) is 5. The number of imidazole rings is 1. The van der Waals surface area contributed by atoms with Gasteiger partial charge in [-0.05, 0) is 39.2 Å². The Bertz CT molecular complexity index is 959. The van der Waals surface area contributed by atoms with Gasteiger partial charge < -0.3 is 24.8 Å². The van der Waals surface area contributed by atoms with E-state index in [2.05, 4.69) is 4.98 Å². The molecule has 31 heavy (non-hydrogen) atoms. The zero-order chi connectivity index (χ0) is 23.2. The second-order valence-electron chi connectivity index (χ2n) is 8.40. The molecule has 0 spiro atoms. The van der Waals surface area contributed by atoms with Gasteiger partial charge in [-0.25, -0.2) is 9.78 Å². The standard InChI is InChI=1S/C21H37N5O5/c1-5-21(31,6-2)9-7-8-10-26-19(29)17-18(24(4)20(26)30)22-15-25(17)14-16(28)13-23(3)11-12-27/h15-16,27-28,31H,5-14H2,1-4H3. The van der Waals surface area contributed by atoms with Crippen LogP contribution in [0.5, 0.6) is 0 Å². The number of likely N-dealkylation sites (N-methyl/N-ethyl adjacent to an activating group) is 1. The third kappa shape index (κ3) is 6.03. The summed E-state index contributed by atoms with van der Waals surface area (Å²) >= 11 is 0.